The molecule has 0 aromatic heterocycles. The first-order valence-electron chi connectivity index (χ1n) is 0.817. The van der Waals surface area contributed by atoms with Gasteiger partial charge < -0.3 is 0 Å². The quantitative estimate of drug-likeness (QED) is 0.387. The van der Waals surface area contributed by atoms with Crippen LogP contribution in [0.1, 0.15) is 0 Å². The number of halogens is 3. The Kier molecular flexibility index (Phi) is 0.815. The molecular weight excluding hydrogens is 83.0 g/mol. The van der Waals surface area contributed by atoms with Crippen LogP contribution in [-0.4, -0.2) is 6.30 Å². The summed E-state index contributed by atoms with van der Waals surface area (Å²) in [6.45, 7) is 0. The van der Waals surface area contributed by atoms with Crippen LogP contribution in [0.2, 0.25) is 0 Å². The van der Waals surface area contributed by atoms with Crippen LogP contribution in [0.3, 0.4) is 0 Å². The summed E-state index contributed by atoms with van der Waals surface area (Å²) in [5.74, 6) is 0. The van der Waals surface area contributed by atoms with E-state index in [1.54, 1.807) is 0 Å². The van der Waals surface area contributed by atoms with Gasteiger partial charge in [0.2, 0.25) is 0 Å². The van der Waals surface area contributed by atoms with Crippen molar-refractivity contribution in [3.63, 3.8) is 0 Å². The fourth-order valence-corrected chi connectivity index (χ4v) is 0. The van der Waals surface area contributed by atoms with Crippen LogP contribution in [0.4, 0.5) is 13.2 Å². The molecule has 0 saturated carbocycles. The fraction of sp³-hybridized carbons (Fsp3) is 1.00. The zero-order valence-corrected chi connectivity index (χ0v) is 2.13. The first-order valence-corrected chi connectivity index (χ1v) is 0.817. The second kappa shape index (κ2) is 0.858. The highest BCUT2D eigenvalue weighted by atomic mass is 19.4. The third-order valence-electron chi connectivity index (χ3n) is 0. The number of nitrogens with one attached hydrogen (secondary N) is 1. The van der Waals surface area contributed by atoms with E-state index in [4.69, 9.17) is 5.73 Å². The van der Waals surface area contributed by atoms with E-state index in [1.165, 1.54) is 0 Å². The maximum absolute atomic E-state index is 10.0. The molecule has 31 valence electrons. The zero-order chi connectivity index (χ0) is 4.50. The normalized spacial score (nSPS) is 12.0. The van der Waals surface area contributed by atoms with Gasteiger partial charge in [0.05, 0.1) is 0 Å². The van der Waals surface area contributed by atoms with E-state index in [-0.39, 0.29) is 0 Å². The maximum Gasteiger partial charge on any atom is 0.470 e. The maximum atomic E-state index is 10.0. The van der Waals surface area contributed by atoms with Crippen molar-refractivity contribution in [3.05, 3.63) is 0 Å². The van der Waals surface area contributed by atoms with Crippen LogP contribution in [-0.2, 0) is 0 Å². The van der Waals surface area contributed by atoms with Crippen LogP contribution >= 0.6 is 0 Å². The van der Waals surface area contributed by atoms with Gasteiger partial charge in [-0.25, -0.2) is 0 Å². The molecule has 4 heteroatoms. The molecule has 0 amide bonds. The van der Waals surface area contributed by atoms with Gasteiger partial charge in [-0.1, -0.05) is 0 Å². The standard InChI is InChI=1S/CHF3N/c2-1(3,4)5/h5H. The van der Waals surface area contributed by atoms with Gasteiger partial charge >= 0.3 is 6.30 Å². The van der Waals surface area contributed by atoms with Crippen LogP contribution < -0.4 is 5.73 Å². The molecule has 0 bridgehead atoms. The number of hydrogen-bond donors (Lipinski definition) is 0. The summed E-state index contributed by atoms with van der Waals surface area (Å²) >= 11 is 0. The van der Waals surface area contributed by atoms with Gasteiger partial charge in [0.1, 0.15) is 0 Å². The largest absolute Gasteiger partial charge is 0.470 e. The SMILES string of the molecule is [NH]C(F)(F)F. The highest BCUT2D eigenvalue weighted by Gasteiger charge is 2.18. The van der Waals surface area contributed by atoms with E-state index in [1.807, 2.05) is 0 Å². The molecule has 0 aliphatic rings. The Morgan fingerprint density at radius 2 is 1.20 bits per heavy atom. The molecule has 0 spiro atoms. The lowest BCUT2D eigenvalue weighted by molar-refractivity contribution is -0.129. The van der Waals surface area contributed by atoms with Crippen molar-refractivity contribution in [2.24, 2.45) is 0 Å². The lowest BCUT2D eigenvalue weighted by Gasteiger charge is -1.87. The molecule has 0 aliphatic heterocycles. The molecule has 5 heavy (non-hydrogen) atoms. The van der Waals surface area contributed by atoms with Crippen LogP contribution in [0, 0.1) is 0 Å². The van der Waals surface area contributed by atoms with Crippen molar-refractivity contribution in [3.8, 4) is 0 Å². The van der Waals surface area contributed by atoms with Gasteiger partial charge in [0, 0.05) is 0 Å². The Morgan fingerprint density at radius 1 is 1.20 bits per heavy atom. The average molecular weight is 84.0 g/mol. The Bertz CT molecular complexity index is 22.4. The first-order chi connectivity index (χ1) is 2.00. The van der Waals surface area contributed by atoms with Crippen molar-refractivity contribution >= 4 is 0 Å². The van der Waals surface area contributed by atoms with Crippen molar-refractivity contribution < 1.29 is 13.2 Å². The third kappa shape index (κ3) is 184. The third-order valence-corrected chi connectivity index (χ3v) is 0. The molecule has 0 atom stereocenters. The van der Waals surface area contributed by atoms with Crippen LogP contribution in [0.5, 0.6) is 0 Å². The molecule has 1 nitrogen and oxygen atoms in total. The van der Waals surface area contributed by atoms with E-state index >= 15 is 0 Å². The highest BCUT2D eigenvalue weighted by molar-refractivity contribution is 4.19. The van der Waals surface area contributed by atoms with E-state index in [0.29, 0.717) is 0 Å². The number of hydrogen-bond acceptors (Lipinski definition) is 0. The van der Waals surface area contributed by atoms with Gasteiger partial charge in [-0.3, -0.25) is 0 Å². The van der Waals surface area contributed by atoms with E-state index in [2.05, 4.69) is 0 Å². The molecule has 0 aliphatic carbocycles. The minimum Gasteiger partial charge on any atom is -0.158 e. The Labute approximate surface area is 26.6 Å². The second-order valence-corrected chi connectivity index (χ2v) is 0.498. The predicted octanol–water partition coefficient (Wildman–Crippen LogP) is 0.789. The van der Waals surface area contributed by atoms with E-state index in [0.717, 1.165) is 0 Å². The van der Waals surface area contributed by atoms with Crippen LogP contribution in [0.15, 0.2) is 0 Å². The summed E-state index contributed by atoms with van der Waals surface area (Å²) < 4.78 is 30.1. The van der Waals surface area contributed by atoms with Gasteiger partial charge in [-0.05, 0) is 0 Å². The van der Waals surface area contributed by atoms with Gasteiger partial charge in [-0.15, -0.1) is 0 Å². The molecule has 1 N–H and O–H groups in total. The van der Waals surface area contributed by atoms with Crippen molar-refractivity contribution in [1.29, 1.82) is 0 Å². The van der Waals surface area contributed by atoms with E-state index in [9.17, 15) is 13.2 Å². The Hall–Kier alpha value is -0.250. The van der Waals surface area contributed by atoms with Gasteiger partial charge in [0.25, 0.3) is 0 Å². The number of alkyl halides is 3. The lowest BCUT2D eigenvalue weighted by Crippen LogP contribution is -2.05. The second-order valence-electron chi connectivity index (χ2n) is 0.498. The van der Waals surface area contributed by atoms with Crippen molar-refractivity contribution in [1.82, 2.24) is 5.73 Å². The molecule has 0 heterocycles. The molecule has 0 aromatic carbocycles. The molecule has 0 aromatic rings. The summed E-state index contributed by atoms with van der Waals surface area (Å²) in [6, 6.07) is 0. The highest BCUT2D eigenvalue weighted by Crippen LogP contribution is 2.04. The first kappa shape index (κ1) is 4.75. The molecule has 0 saturated heterocycles. The number of rotatable bonds is 0. The van der Waals surface area contributed by atoms with Crippen molar-refractivity contribution in [2.45, 2.75) is 6.30 Å². The minimum atomic E-state index is -4.75. The van der Waals surface area contributed by atoms with Gasteiger partial charge in [0.15, 0.2) is 0 Å². The summed E-state index contributed by atoms with van der Waals surface area (Å²) in [5, 5.41) is 0. The topological polar surface area (TPSA) is 23.8 Å². The molecule has 0 rings (SSSR count). The Balaban J connectivity index is 3.02. The van der Waals surface area contributed by atoms with E-state index < -0.39 is 6.30 Å². The monoisotopic (exact) mass is 84.0 g/mol. The summed E-state index contributed by atoms with van der Waals surface area (Å²) in [4.78, 5) is 0. The zero-order valence-electron chi connectivity index (χ0n) is 2.13. The molecule has 0 fully saturated rings. The smallest absolute Gasteiger partial charge is 0.158 e. The summed E-state index contributed by atoms with van der Waals surface area (Å²) in [7, 11) is 0. The van der Waals surface area contributed by atoms with Crippen molar-refractivity contribution in [2.75, 3.05) is 0 Å². The summed E-state index contributed by atoms with van der Waals surface area (Å²) in [6.07, 6.45) is -4.75. The molecular formula is CHF3N. The fourth-order valence-electron chi connectivity index (χ4n) is 0. The molecule has 1 radical (unpaired) electrons. The van der Waals surface area contributed by atoms with Gasteiger partial charge in [-0.2, -0.15) is 18.9 Å². The summed E-state index contributed by atoms with van der Waals surface area (Å²) in [5.41, 5.74) is 4.94. The average Bonchev–Trinajstić information content (AvgIpc) is 0.722. The molecule has 0 unspecified atom stereocenters. The lowest BCUT2D eigenvalue weighted by atomic mass is 11.3. The van der Waals surface area contributed by atoms with Crippen LogP contribution in [0.25, 0.3) is 0 Å². The predicted molar refractivity (Wildman–Crippen MR) is 9.15 cm³/mol. The Morgan fingerprint density at radius 3 is 1.20 bits per heavy atom. The minimum absolute atomic E-state index is 4.75.